The fourth-order valence-corrected chi connectivity index (χ4v) is 6.51. The van der Waals surface area contributed by atoms with Crippen LogP contribution in [-0.2, 0) is 16.1 Å². The molecule has 282 valence electrons. The number of rotatable bonds is 10. The lowest BCUT2D eigenvalue weighted by atomic mass is 9.99. The van der Waals surface area contributed by atoms with Crippen molar-refractivity contribution in [1.29, 1.82) is 0 Å². The second-order valence-corrected chi connectivity index (χ2v) is 14.8. The molecule has 1 aliphatic heterocycles. The largest absolute Gasteiger partial charge is 0.488 e. The molecule has 7 rings (SSSR count). The lowest BCUT2D eigenvalue weighted by molar-refractivity contribution is -0.114. The second kappa shape index (κ2) is 15.2. The molecule has 0 radical (unpaired) electrons. The number of nitrogens with zero attached hydrogens (tertiary/aromatic N) is 6. The molecule has 3 aromatic carbocycles. The van der Waals surface area contributed by atoms with Crippen LogP contribution in [0.25, 0.3) is 39.1 Å². The van der Waals surface area contributed by atoms with Crippen molar-refractivity contribution in [3.8, 4) is 28.4 Å². The average molecular weight is 743 g/mol. The molecule has 1 atom stereocenters. The first-order valence-corrected chi connectivity index (χ1v) is 18.2. The molecular weight excluding hydrogens is 700 g/mol. The number of likely N-dealkylation sites (tertiary alicyclic amines) is 1. The highest BCUT2D eigenvalue weighted by Gasteiger charge is 2.31. The molecule has 4 heterocycles. The highest BCUT2D eigenvalue weighted by molar-refractivity contribution is 6.04. The topological polar surface area (TPSA) is 136 Å². The number of hydrogen-bond donors (Lipinski definition) is 2. The number of fused-ring (bicyclic) bond motifs is 2. The molecule has 2 amide bonds. The summed E-state index contributed by atoms with van der Waals surface area (Å²) in [5, 5.41) is 12.4. The van der Waals surface area contributed by atoms with Gasteiger partial charge in [-0.1, -0.05) is 62.9 Å². The molecule has 55 heavy (non-hydrogen) atoms. The number of carbonyl (C=O) groups excluding carboxylic acids is 2. The minimum atomic E-state index is -1.06. The van der Waals surface area contributed by atoms with Crippen LogP contribution in [-0.4, -0.2) is 66.3 Å². The summed E-state index contributed by atoms with van der Waals surface area (Å²) >= 11 is 0. The van der Waals surface area contributed by atoms with Crippen LogP contribution in [0, 0.1) is 0 Å². The fourth-order valence-electron chi connectivity index (χ4n) is 6.51. The van der Waals surface area contributed by atoms with E-state index in [0.717, 1.165) is 38.7 Å². The number of nitrogens with one attached hydrogen (secondary N) is 2. The predicted octanol–water partition coefficient (Wildman–Crippen LogP) is 8.55. The maximum atomic E-state index is 13.3. The Balaban J connectivity index is 1.16. The number of pyridine rings is 1. The van der Waals surface area contributed by atoms with Crippen molar-refractivity contribution in [2.45, 2.75) is 65.2 Å². The third-order valence-electron chi connectivity index (χ3n) is 9.19. The first kappa shape index (κ1) is 37.0. The molecule has 1 unspecified atom stereocenters. The lowest BCUT2D eigenvalue weighted by Crippen LogP contribution is -2.36. The molecule has 6 aromatic rings. The zero-order chi connectivity index (χ0) is 38.9. The van der Waals surface area contributed by atoms with Crippen LogP contribution < -0.4 is 15.4 Å². The van der Waals surface area contributed by atoms with E-state index in [0.29, 0.717) is 54.9 Å². The number of benzene rings is 3. The highest BCUT2D eigenvalue weighted by atomic mass is 19.1. The van der Waals surface area contributed by atoms with Crippen molar-refractivity contribution >= 4 is 40.1 Å². The minimum absolute atomic E-state index is 0.167. The highest BCUT2D eigenvalue weighted by Crippen LogP contribution is 2.32. The zero-order valence-electron chi connectivity index (χ0n) is 31.5. The van der Waals surface area contributed by atoms with E-state index in [1.54, 1.807) is 27.7 Å². The summed E-state index contributed by atoms with van der Waals surface area (Å²) < 4.78 is 27.0. The van der Waals surface area contributed by atoms with Crippen molar-refractivity contribution in [1.82, 2.24) is 29.5 Å². The van der Waals surface area contributed by atoms with Gasteiger partial charge in [0.05, 0.1) is 18.4 Å². The molecule has 1 saturated heterocycles. The molecule has 0 aliphatic carbocycles. The first-order valence-electron chi connectivity index (χ1n) is 18.2. The normalized spacial score (nSPS) is 14.4. The molecule has 13 heteroatoms. The average Bonchev–Trinajstić information content (AvgIpc) is 3.81. The summed E-state index contributed by atoms with van der Waals surface area (Å²) in [7, 11) is 0. The molecular formula is C42H43FN8O4. The Morgan fingerprint density at radius 3 is 2.64 bits per heavy atom. The van der Waals surface area contributed by atoms with E-state index < -0.39 is 17.3 Å². The maximum Gasteiger partial charge on any atom is 0.410 e. The summed E-state index contributed by atoms with van der Waals surface area (Å²) in [6.07, 6.45) is 3.72. The van der Waals surface area contributed by atoms with E-state index in [4.69, 9.17) is 24.4 Å². The van der Waals surface area contributed by atoms with E-state index in [1.165, 1.54) is 0 Å². The smallest absolute Gasteiger partial charge is 0.410 e. The summed E-state index contributed by atoms with van der Waals surface area (Å²) in [6, 6.07) is 22.8. The van der Waals surface area contributed by atoms with Crippen LogP contribution >= 0.6 is 0 Å². The summed E-state index contributed by atoms with van der Waals surface area (Å²) in [4.78, 5) is 40.9. The van der Waals surface area contributed by atoms with Crippen molar-refractivity contribution in [3.63, 3.8) is 0 Å². The summed E-state index contributed by atoms with van der Waals surface area (Å²) in [5.41, 5.74) is 4.96. The molecule has 0 spiro atoms. The van der Waals surface area contributed by atoms with Crippen molar-refractivity contribution in [3.05, 3.63) is 109 Å². The van der Waals surface area contributed by atoms with Gasteiger partial charge in [-0.05, 0) is 68.0 Å². The summed E-state index contributed by atoms with van der Waals surface area (Å²) in [5.74, 6) is -0.103. The molecule has 3 aromatic heterocycles. The van der Waals surface area contributed by atoms with Gasteiger partial charge in [-0.25, -0.2) is 14.2 Å². The molecule has 2 N–H and O–H groups in total. The zero-order valence-corrected chi connectivity index (χ0v) is 31.5. The maximum absolute atomic E-state index is 13.3. The SMILES string of the molecule is C=C(F)C(=O)Nc1ccc2c(-c3ccccc3CNc3nc(-c4cccc(OC5CCN(C(=O)OC(C)(C)C)C5)c4)nc4c(C(C)C)cnn34)nccc2c1. The van der Waals surface area contributed by atoms with Crippen molar-refractivity contribution in [2.75, 3.05) is 23.7 Å². The molecule has 1 fully saturated rings. The van der Waals surface area contributed by atoms with Crippen LogP contribution in [0.2, 0.25) is 0 Å². The van der Waals surface area contributed by atoms with Gasteiger partial charge in [0.2, 0.25) is 5.95 Å². The Kier molecular flexibility index (Phi) is 10.2. The Hall–Kier alpha value is -6.37. The quantitative estimate of drug-likeness (QED) is 0.132. The van der Waals surface area contributed by atoms with Gasteiger partial charge in [0, 0.05) is 53.5 Å². The molecule has 1 aliphatic rings. The molecule has 12 nitrogen and oxygen atoms in total. The van der Waals surface area contributed by atoms with E-state index in [2.05, 4.69) is 36.2 Å². The first-order chi connectivity index (χ1) is 26.3. The third kappa shape index (κ3) is 8.25. The van der Waals surface area contributed by atoms with Gasteiger partial charge < -0.3 is 25.0 Å². The van der Waals surface area contributed by atoms with Gasteiger partial charge in [0.1, 0.15) is 17.5 Å². The lowest BCUT2D eigenvalue weighted by Gasteiger charge is -2.24. The Labute approximate surface area is 318 Å². The second-order valence-electron chi connectivity index (χ2n) is 14.8. The Morgan fingerprint density at radius 1 is 1.04 bits per heavy atom. The summed E-state index contributed by atoms with van der Waals surface area (Å²) in [6.45, 7) is 14.2. The van der Waals surface area contributed by atoms with Gasteiger partial charge in [-0.2, -0.15) is 14.6 Å². The van der Waals surface area contributed by atoms with Gasteiger partial charge in [0.25, 0.3) is 5.91 Å². The number of halogens is 1. The fraction of sp³-hybridized carbons (Fsp3) is 0.286. The van der Waals surface area contributed by atoms with E-state index in [-0.39, 0.29) is 18.1 Å². The van der Waals surface area contributed by atoms with Crippen molar-refractivity contribution < 1.29 is 23.5 Å². The minimum Gasteiger partial charge on any atom is -0.488 e. The van der Waals surface area contributed by atoms with Crippen LogP contribution in [0.15, 0.2) is 97.6 Å². The van der Waals surface area contributed by atoms with Crippen LogP contribution in [0.1, 0.15) is 58.1 Å². The molecule has 0 saturated carbocycles. The van der Waals surface area contributed by atoms with E-state index in [1.807, 2.05) is 87.6 Å². The number of anilines is 2. The van der Waals surface area contributed by atoms with Crippen LogP contribution in [0.3, 0.4) is 0 Å². The standard InChI is InChI=1S/C42H43FN8O4/c1-25(2)35-23-46-51-38(35)48-37(28-11-9-12-31(21-28)54-32-17-19-50(24-32)41(53)55-42(4,5)6)49-40(51)45-22-29-10-7-8-13-33(29)36-34-15-14-30(47-39(52)26(3)43)20-27(34)16-18-44-36/h7-16,18,20-21,23,25,32H,3,17,19,22,24H2,1-2,4-6H3,(H,47,52)(H,45,48,49). The predicted molar refractivity (Wildman–Crippen MR) is 211 cm³/mol. The number of hydrogen-bond acceptors (Lipinski definition) is 9. The van der Waals surface area contributed by atoms with E-state index in [9.17, 15) is 14.0 Å². The van der Waals surface area contributed by atoms with Gasteiger partial charge in [-0.3, -0.25) is 9.78 Å². The van der Waals surface area contributed by atoms with Crippen LogP contribution in [0.5, 0.6) is 5.75 Å². The number of amides is 2. The van der Waals surface area contributed by atoms with Crippen molar-refractivity contribution in [2.24, 2.45) is 0 Å². The number of aromatic nitrogens is 5. The van der Waals surface area contributed by atoms with E-state index >= 15 is 0 Å². The monoisotopic (exact) mass is 742 g/mol. The van der Waals surface area contributed by atoms with Crippen LogP contribution in [0.4, 0.5) is 20.8 Å². The van der Waals surface area contributed by atoms with Gasteiger partial charge in [-0.15, -0.1) is 0 Å². The Bertz CT molecular complexity index is 2420. The third-order valence-corrected chi connectivity index (χ3v) is 9.19. The van der Waals surface area contributed by atoms with Gasteiger partial charge in [0.15, 0.2) is 17.3 Å². The van der Waals surface area contributed by atoms with Gasteiger partial charge >= 0.3 is 6.09 Å². The molecule has 0 bridgehead atoms. The number of ether oxygens (including phenoxy) is 2. The number of carbonyl (C=O) groups is 2. The Morgan fingerprint density at radius 2 is 1.85 bits per heavy atom.